The summed E-state index contributed by atoms with van der Waals surface area (Å²) in [5, 5.41) is 0. The summed E-state index contributed by atoms with van der Waals surface area (Å²) in [6, 6.07) is 8.61. The first-order valence-corrected chi connectivity index (χ1v) is 11.2. The molecule has 4 rings (SSSR count). The highest BCUT2D eigenvalue weighted by Gasteiger charge is 2.62. The van der Waals surface area contributed by atoms with Gasteiger partial charge in [0.25, 0.3) is 5.56 Å². The first-order chi connectivity index (χ1) is 16.1. The molecule has 1 aromatic carbocycles. The van der Waals surface area contributed by atoms with E-state index in [4.69, 9.17) is 15.2 Å². The van der Waals surface area contributed by atoms with Gasteiger partial charge in [-0.25, -0.2) is 4.79 Å². The van der Waals surface area contributed by atoms with Crippen molar-refractivity contribution in [2.45, 2.75) is 38.8 Å². The smallest absolute Gasteiger partial charge is 0.340 e. The summed E-state index contributed by atoms with van der Waals surface area (Å²) >= 11 is 0. The van der Waals surface area contributed by atoms with E-state index in [0.29, 0.717) is 30.0 Å². The lowest BCUT2D eigenvalue weighted by Gasteiger charge is -2.36. The lowest BCUT2D eigenvalue weighted by Crippen LogP contribution is -2.53. The second-order valence-electron chi connectivity index (χ2n) is 9.15. The van der Waals surface area contributed by atoms with Crippen molar-refractivity contribution >= 4 is 17.6 Å². The van der Waals surface area contributed by atoms with E-state index in [1.165, 1.54) is 7.11 Å². The molecule has 1 amide bonds. The Hall–Kier alpha value is -3.59. The first kappa shape index (κ1) is 23.6. The lowest BCUT2D eigenvalue weighted by molar-refractivity contribution is -0.138. The van der Waals surface area contributed by atoms with Crippen LogP contribution in [0, 0.1) is 6.92 Å². The fourth-order valence-corrected chi connectivity index (χ4v) is 4.98. The van der Waals surface area contributed by atoms with Crippen LogP contribution >= 0.6 is 0 Å². The SMILES string of the molecule is COC(=O)C1=C(N)Oc2cc(C)n(CCN(C)C)c(=O)c2[C@@]12C(=O)N(C(C)C)c1ccccc12. The van der Waals surface area contributed by atoms with E-state index in [1.807, 2.05) is 38.9 Å². The maximum atomic E-state index is 14.4. The fourth-order valence-electron chi connectivity index (χ4n) is 4.98. The third-order valence-electron chi connectivity index (χ3n) is 6.47. The van der Waals surface area contributed by atoms with Gasteiger partial charge in [-0.2, -0.15) is 0 Å². The number of hydrogen-bond acceptors (Lipinski definition) is 7. The number of aryl methyl sites for hydroxylation is 1. The number of benzene rings is 1. The van der Waals surface area contributed by atoms with Gasteiger partial charge in [-0.3, -0.25) is 9.59 Å². The average Bonchev–Trinajstić information content (AvgIpc) is 3.01. The minimum absolute atomic E-state index is 0.0760. The van der Waals surface area contributed by atoms with Gasteiger partial charge in [-0.05, 0) is 40.9 Å². The molecule has 0 aliphatic carbocycles. The monoisotopic (exact) mass is 466 g/mol. The number of para-hydroxylation sites is 1. The van der Waals surface area contributed by atoms with Gasteiger partial charge in [0.2, 0.25) is 11.8 Å². The van der Waals surface area contributed by atoms with Crippen LogP contribution in [0.15, 0.2) is 46.6 Å². The summed E-state index contributed by atoms with van der Waals surface area (Å²) in [5.41, 5.74) is 5.76. The molecule has 1 spiro atoms. The number of hydrogen-bond donors (Lipinski definition) is 1. The molecule has 3 heterocycles. The van der Waals surface area contributed by atoms with Crippen molar-refractivity contribution in [1.82, 2.24) is 9.47 Å². The van der Waals surface area contributed by atoms with Crippen LogP contribution in [0.1, 0.15) is 30.7 Å². The zero-order valence-electron chi connectivity index (χ0n) is 20.3. The number of anilines is 1. The van der Waals surface area contributed by atoms with Crippen LogP contribution in [-0.4, -0.2) is 55.1 Å². The molecule has 34 heavy (non-hydrogen) atoms. The van der Waals surface area contributed by atoms with Crippen LogP contribution in [0.25, 0.3) is 0 Å². The maximum absolute atomic E-state index is 14.4. The zero-order valence-corrected chi connectivity index (χ0v) is 20.3. The van der Waals surface area contributed by atoms with Crippen LogP contribution in [0.5, 0.6) is 5.75 Å². The molecule has 1 aromatic heterocycles. The number of amides is 1. The Morgan fingerprint density at radius 3 is 2.53 bits per heavy atom. The molecular weight excluding hydrogens is 436 g/mol. The summed E-state index contributed by atoms with van der Waals surface area (Å²) in [6.45, 7) is 6.57. The third-order valence-corrected chi connectivity index (χ3v) is 6.47. The van der Waals surface area contributed by atoms with Crippen molar-refractivity contribution in [3.8, 4) is 5.75 Å². The van der Waals surface area contributed by atoms with Gasteiger partial charge in [0, 0.05) is 42.1 Å². The summed E-state index contributed by atoms with van der Waals surface area (Å²) in [7, 11) is 5.04. The topological polar surface area (TPSA) is 107 Å². The molecule has 1 atom stereocenters. The predicted molar refractivity (Wildman–Crippen MR) is 128 cm³/mol. The van der Waals surface area contributed by atoms with E-state index >= 15 is 0 Å². The van der Waals surface area contributed by atoms with E-state index < -0.39 is 22.9 Å². The zero-order chi connectivity index (χ0) is 24.9. The normalized spacial score (nSPS) is 19.1. The molecule has 9 heteroatoms. The van der Waals surface area contributed by atoms with Crippen molar-refractivity contribution in [2.75, 3.05) is 32.6 Å². The third kappa shape index (κ3) is 3.14. The van der Waals surface area contributed by atoms with Crippen LogP contribution in [-0.2, 0) is 26.3 Å². The van der Waals surface area contributed by atoms with Crippen molar-refractivity contribution in [3.05, 3.63) is 69.0 Å². The van der Waals surface area contributed by atoms with Gasteiger partial charge >= 0.3 is 5.97 Å². The van der Waals surface area contributed by atoms with Gasteiger partial charge < -0.3 is 29.6 Å². The number of esters is 1. The minimum Gasteiger partial charge on any atom is -0.465 e. The molecule has 2 N–H and O–H groups in total. The molecule has 0 saturated heterocycles. The average molecular weight is 467 g/mol. The molecule has 0 saturated carbocycles. The number of pyridine rings is 1. The highest BCUT2D eigenvalue weighted by atomic mass is 16.5. The number of rotatable bonds is 5. The number of aromatic nitrogens is 1. The first-order valence-electron chi connectivity index (χ1n) is 11.2. The largest absolute Gasteiger partial charge is 0.465 e. The highest BCUT2D eigenvalue weighted by molar-refractivity contribution is 6.18. The summed E-state index contributed by atoms with van der Waals surface area (Å²) in [4.78, 5) is 45.1. The molecule has 0 radical (unpaired) electrons. The molecule has 180 valence electrons. The Kier molecular flexibility index (Phi) is 5.77. The van der Waals surface area contributed by atoms with Gasteiger partial charge in [0.05, 0.1) is 12.7 Å². The number of nitrogens with two attached hydrogens (primary N) is 1. The Morgan fingerprint density at radius 1 is 1.24 bits per heavy atom. The van der Waals surface area contributed by atoms with E-state index in [-0.39, 0.29) is 28.8 Å². The molecule has 9 nitrogen and oxygen atoms in total. The van der Waals surface area contributed by atoms with Crippen LogP contribution in [0.2, 0.25) is 0 Å². The van der Waals surface area contributed by atoms with E-state index in [9.17, 15) is 14.4 Å². The van der Waals surface area contributed by atoms with Crippen LogP contribution in [0.4, 0.5) is 5.69 Å². The predicted octanol–water partition coefficient (Wildman–Crippen LogP) is 1.50. The lowest BCUT2D eigenvalue weighted by atomic mass is 9.68. The van der Waals surface area contributed by atoms with Gasteiger partial charge in [-0.15, -0.1) is 0 Å². The summed E-state index contributed by atoms with van der Waals surface area (Å²) in [5.74, 6) is -1.34. The fraction of sp³-hybridized carbons (Fsp3) is 0.400. The van der Waals surface area contributed by atoms with Gasteiger partial charge in [-0.1, -0.05) is 18.2 Å². The number of likely N-dealkylation sites (N-methyl/N-ethyl adjacent to an activating group) is 1. The summed E-state index contributed by atoms with van der Waals surface area (Å²) < 4.78 is 12.5. The number of carbonyl (C=O) groups excluding carboxylic acids is 2. The second kappa shape index (κ2) is 8.32. The van der Waals surface area contributed by atoms with Crippen molar-refractivity contribution in [3.63, 3.8) is 0 Å². The Labute approximate surface area is 198 Å². The number of nitrogens with zero attached hydrogens (tertiary/aromatic N) is 3. The highest BCUT2D eigenvalue weighted by Crippen LogP contribution is 2.55. The second-order valence-corrected chi connectivity index (χ2v) is 9.15. The molecule has 2 aliphatic heterocycles. The van der Waals surface area contributed by atoms with E-state index in [0.717, 1.165) is 0 Å². The Bertz CT molecular complexity index is 1280. The molecule has 0 bridgehead atoms. The molecule has 2 aromatic rings. The number of methoxy groups -OCH3 is 1. The van der Waals surface area contributed by atoms with Crippen LogP contribution in [0.3, 0.4) is 0 Å². The van der Waals surface area contributed by atoms with Gasteiger partial charge in [0.1, 0.15) is 16.7 Å². The van der Waals surface area contributed by atoms with Gasteiger partial charge in [0.15, 0.2) is 0 Å². The molecule has 0 unspecified atom stereocenters. The molecular formula is C25H30N4O5. The van der Waals surface area contributed by atoms with E-state index in [1.54, 1.807) is 40.7 Å². The maximum Gasteiger partial charge on any atom is 0.340 e. The summed E-state index contributed by atoms with van der Waals surface area (Å²) in [6.07, 6.45) is 0. The number of fused-ring (bicyclic) bond motifs is 4. The van der Waals surface area contributed by atoms with Crippen molar-refractivity contribution < 1.29 is 19.1 Å². The molecule has 2 aliphatic rings. The standard InChI is InChI=1S/C25H30N4O5/c1-14(2)29-17-10-8-7-9-16(17)25(24(29)32)19-18(34-21(26)20(25)23(31)33-6)13-15(3)28(22(19)30)12-11-27(4)5/h7-10,13-14H,11-12,26H2,1-6H3/t25-/m1/s1. The molecule has 0 fully saturated rings. The minimum atomic E-state index is -1.78. The van der Waals surface area contributed by atoms with Crippen molar-refractivity contribution in [2.24, 2.45) is 5.73 Å². The number of ether oxygens (including phenoxy) is 2. The van der Waals surface area contributed by atoms with Crippen molar-refractivity contribution in [1.29, 1.82) is 0 Å². The Morgan fingerprint density at radius 2 is 1.91 bits per heavy atom. The van der Waals surface area contributed by atoms with Crippen LogP contribution < -0.4 is 20.9 Å². The van der Waals surface area contributed by atoms with E-state index in [2.05, 4.69) is 0 Å². The number of carbonyl (C=O) groups is 2. The Balaban J connectivity index is 2.15. The quantitative estimate of drug-likeness (QED) is 0.666.